The highest BCUT2D eigenvalue weighted by molar-refractivity contribution is 7.23. The van der Waals surface area contributed by atoms with E-state index < -0.39 is 8.31 Å². The molecule has 0 atom stereocenters. The first-order valence-electron chi connectivity index (χ1n) is 4.41. The largest absolute Gasteiger partial charge is 0.110 e. The molecule has 6 heteroatoms. The third kappa shape index (κ3) is 3.95. The quantitative estimate of drug-likeness (QED) is 0.587. The van der Waals surface area contributed by atoms with E-state index in [0.717, 1.165) is 11.2 Å². The number of rotatable bonds is 4. The predicted molar refractivity (Wildman–Crippen MR) is 73.6 cm³/mol. The van der Waals surface area contributed by atoms with Gasteiger partial charge in [0.2, 0.25) is 0 Å². The van der Waals surface area contributed by atoms with Crippen molar-refractivity contribution in [2.24, 2.45) is 0 Å². The molecule has 1 aromatic rings. The Hall–Kier alpha value is 0.814. The lowest BCUT2D eigenvalue weighted by atomic mass is 10.4. The zero-order chi connectivity index (χ0) is 11.4. The van der Waals surface area contributed by atoms with Crippen LogP contribution in [0.5, 0.6) is 0 Å². The molecule has 0 saturated heterocycles. The molecule has 0 bridgehead atoms. The number of hydrogen-bond acceptors (Lipinski definition) is 0. The summed E-state index contributed by atoms with van der Waals surface area (Å²) < 4.78 is -0.297. The summed E-state index contributed by atoms with van der Waals surface area (Å²) in [5.74, 6) is 0. The van der Waals surface area contributed by atoms with Crippen LogP contribution in [0.4, 0.5) is 0 Å². The third-order valence-corrected chi connectivity index (χ3v) is 10.8. The number of hydrogen-bond donors (Lipinski definition) is 0. The Labute approximate surface area is 114 Å². The van der Waals surface area contributed by atoms with Gasteiger partial charge in [-0.25, -0.2) is 0 Å². The van der Waals surface area contributed by atoms with Gasteiger partial charge in [0, 0.05) is 0 Å². The fourth-order valence-corrected chi connectivity index (χ4v) is 8.76. The second-order valence-corrected chi connectivity index (χ2v) is 11.2. The van der Waals surface area contributed by atoms with Crippen molar-refractivity contribution in [3.8, 4) is 0 Å². The maximum Gasteiger partial charge on any atom is 0.0904 e. The smallest absolute Gasteiger partial charge is 0.0904 e. The summed E-state index contributed by atoms with van der Waals surface area (Å²) in [6.45, 7) is 2.13. The molecule has 0 heterocycles. The van der Waals surface area contributed by atoms with Crippen molar-refractivity contribution in [1.29, 1.82) is 0 Å². The average Bonchev–Trinajstić information content (AvgIpc) is 2.19. The first kappa shape index (κ1) is 13.9. The minimum absolute atomic E-state index is 0.297. The minimum atomic E-state index is -0.766. The van der Waals surface area contributed by atoms with Crippen LogP contribution in [0, 0.1) is 0 Å². The van der Waals surface area contributed by atoms with E-state index in [0.29, 0.717) is 19.1 Å². The Morgan fingerprint density at radius 3 is 2.53 bits per heavy atom. The zero-order valence-corrected chi connectivity index (χ0v) is 13.1. The SMILES string of the molecule is CC[Si]([Si]C(Cl)Cl)c1cccc(Cl)c1Cl. The molecule has 0 N–H and O–H groups in total. The van der Waals surface area contributed by atoms with Gasteiger partial charge in [0.15, 0.2) is 0 Å². The molecule has 15 heavy (non-hydrogen) atoms. The average molecular weight is 315 g/mol. The topological polar surface area (TPSA) is 0 Å². The maximum absolute atomic E-state index is 6.16. The molecule has 0 nitrogen and oxygen atoms in total. The van der Waals surface area contributed by atoms with E-state index in [1.165, 1.54) is 0 Å². The summed E-state index contributed by atoms with van der Waals surface area (Å²) >= 11 is 23.8. The first-order chi connectivity index (χ1) is 7.06. The number of benzene rings is 1. The van der Waals surface area contributed by atoms with E-state index in [1.807, 2.05) is 12.1 Å². The monoisotopic (exact) mass is 313 g/mol. The summed E-state index contributed by atoms with van der Waals surface area (Å²) in [7, 11) is -0.226. The van der Waals surface area contributed by atoms with Gasteiger partial charge in [0.25, 0.3) is 0 Å². The molecule has 0 amide bonds. The van der Waals surface area contributed by atoms with Gasteiger partial charge >= 0.3 is 0 Å². The molecule has 3 radical (unpaired) electrons. The van der Waals surface area contributed by atoms with Crippen LogP contribution in [-0.2, 0) is 0 Å². The Balaban J connectivity index is 2.96. The molecule has 0 aliphatic carbocycles. The van der Waals surface area contributed by atoms with Crippen LogP contribution < -0.4 is 5.19 Å². The van der Waals surface area contributed by atoms with Gasteiger partial charge in [-0.15, -0.1) is 23.2 Å². The molecular formula is C9H9Cl4Si2. The van der Waals surface area contributed by atoms with E-state index in [9.17, 15) is 0 Å². The van der Waals surface area contributed by atoms with E-state index in [1.54, 1.807) is 6.07 Å². The van der Waals surface area contributed by atoms with Crippen molar-refractivity contribution in [2.75, 3.05) is 0 Å². The van der Waals surface area contributed by atoms with Crippen LogP contribution in [0.1, 0.15) is 6.92 Å². The molecular weight excluding hydrogens is 306 g/mol. The predicted octanol–water partition coefficient (Wildman–Crippen LogP) is 3.68. The standard InChI is InChI=1S/C9H9Cl4Si2/c1-2-15(14-9(12)13)7-5-3-4-6(10)8(7)11/h3-5,9H,2H2,1H3. The van der Waals surface area contributed by atoms with Gasteiger partial charge in [-0.1, -0.05) is 48.3 Å². The maximum atomic E-state index is 6.16. The summed E-state index contributed by atoms with van der Waals surface area (Å²) in [6, 6.07) is 6.80. The minimum Gasteiger partial charge on any atom is -0.110 e. The Kier molecular flexibility index (Phi) is 6.04. The normalized spacial score (nSPS) is 11.4. The highest BCUT2D eigenvalue weighted by atomic mass is 35.5. The fraction of sp³-hybridized carbons (Fsp3) is 0.333. The molecule has 0 fully saturated rings. The highest BCUT2D eigenvalue weighted by Crippen LogP contribution is 2.20. The van der Waals surface area contributed by atoms with Crippen molar-refractivity contribution in [1.82, 2.24) is 0 Å². The van der Waals surface area contributed by atoms with Crippen LogP contribution in [0.3, 0.4) is 0 Å². The molecule has 1 rings (SSSR count). The fourth-order valence-electron chi connectivity index (χ4n) is 1.24. The van der Waals surface area contributed by atoms with Crippen molar-refractivity contribution in [3.05, 3.63) is 28.2 Å². The molecule has 1 aromatic carbocycles. The van der Waals surface area contributed by atoms with Crippen LogP contribution in [-0.4, -0.2) is 21.8 Å². The molecule has 0 aliphatic rings. The molecule has 81 valence electrons. The molecule has 0 aliphatic heterocycles. The van der Waals surface area contributed by atoms with E-state index >= 15 is 0 Å². The van der Waals surface area contributed by atoms with Crippen LogP contribution in [0.25, 0.3) is 0 Å². The third-order valence-electron chi connectivity index (χ3n) is 1.91. The summed E-state index contributed by atoms with van der Waals surface area (Å²) in [4.78, 5) is 0. The van der Waals surface area contributed by atoms with Gasteiger partial charge in [0.05, 0.1) is 31.9 Å². The van der Waals surface area contributed by atoms with E-state index in [-0.39, 0.29) is 4.46 Å². The van der Waals surface area contributed by atoms with Gasteiger partial charge in [-0.2, -0.15) is 0 Å². The molecule has 0 saturated carbocycles. The second-order valence-electron chi connectivity index (χ2n) is 2.88. The highest BCUT2D eigenvalue weighted by Gasteiger charge is 2.20. The van der Waals surface area contributed by atoms with Gasteiger partial charge in [-0.05, 0) is 11.3 Å². The van der Waals surface area contributed by atoms with Crippen LogP contribution in [0.2, 0.25) is 16.1 Å². The van der Waals surface area contributed by atoms with Crippen molar-refractivity contribution in [2.45, 2.75) is 17.4 Å². The van der Waals surface area contributed by atoms with E-state index in [2.05, 4.69) is 6.92 Å². The first-order valence-corrected chi connectivity index (χ1v) is 9.82. The summed E-state index contributed by atoms with van der Waals surface area (Å²) in [5, 5.41) is 2.41. The lowest BCUT2D eigenvalue weighted by Crippen LogP contribution is -2.39. The Morgan fingerprint density at radius 1 is 1.33 bits per heavy atom. The van der Waals surface area contributed by atoms with Crippen LogP contribution >= 0.6 is 46.4 Å². The lowest BCUT2D eigenvalue weighted by molar-refractivity contribution is 1.45. The van der Waals surface area contributed by atoms with Gasteiger partial charge < -0.3 is 0 Å². The van der Waals surface area contributed by atoms with Crippen molar-refractivity contribution >= 4 is 68.9 Å². The van der Waals surface area contributed by atoms with Crippen LogP contribution in [0.15, 0.2) is 18.2 Å². The van der Waals surface area contributed by atoms with Crippen molar-refractivity contribution < 1.29 is 0 Å². The summed E-state index contributed by atoms with van der Waals surface area (Å²) in [5.41, 5.74) is 0. The zero-order valence-electron chi connectivity index (χ0n) is 8.03. The van der Waals surface area contributed by atoms with Gasteiger partial charge in [-0.3, -0.25) is 0 Å². The lowest BCUT2D eigenvalue weighted by Gasteiger charge is -2.15. The van der Waals surface area contributed by atoms with Gasteiger partial charge in [0.1, 0.15) is 0 Å². The Bertz CT molecular complexity index is 330. The molecule has 0 unspecified atom stereocenters. The Morgan fingerprint density at radius 2 is 2.00 bits per heavy atom. The number of alkyl halides is 2. The number of halogens is 4. The second kappa shape index (κ2) is 6.53. The van der Waals surface area contributed by atoms with Crippen molar-refractivity contribution in [3.63, 3.8) is 0 Å². The summed E-state index contributed by atoms with van der Waals surface area (Å²) in [6.07, 6.45) is 0. The van der Waals surface area contributed by atoms with E-state index in [4.69, 9.17) is 46.4 Å². The molecule has 0 spiro atoms. The molecule has 0 aromatic heterocycles.